The minimum atomic E-state index is -0.391. The number of rotatable bonds is 4. The number of carbonyl (C=O) groups is 2. The van der Waals surface area contributed by atoms with E-state index in [0.717, 1.165) is 23.9 Å². The average molecular weight is 381 g/mol. The van der Waals surface area contributed by atoms with Gasteiger partial charge in [-0.3, -0.25) is 24.4 Å². The molecule has 8 heteroatoms. The van der Waals surface area contributed by atoms with Crippen LogP contribution in [0.15, 0.2) is 47.4 Å². The van der Waals surface area contributed by atoms with Gasteiger partial charge in [0.05, 0.1) is 17.6 Å². The maximum absolute atomic E-state index is 12.3. The van der Waals surface area contributed by atoms with Gasteiger partial charge in [0.25, 0.3) is 5.91 Å². The Morgan fingerprint density at radius 2 is 1.89 bits per heavy atom. The van der Waals surface area contributed by atoms with Crippen molar-refractivity contribution in [2.24, 2.45) is 7.05 Å². The first-order chi connectivity index (χ1) is 13.5. The normalized spacial score (nSPS) is 15.8. The molecule has 1 aliphatic rings. The smallest absolute Gasteiger partial charge is 0.326 e. The van der Waals surface area contributed by atoms with Crippen molar-refractivity contribution < 1.29 is 9.59 Å². The number of H-pyrrole nitrogens is 1. The Labute approximate surface area is 161 Å². The number of aromatic amines is 1. The first-order valence-corrected chi connectivity index (χ1v) is 9.40. The van der Waals surface area contributed by atoms with E-state index < -0.39 is 5.91 Å². The molecule has 8 nitrogen and oxygen atoms in total. The molecule has 1 saturated heterocycles. The van der Waals surface area contributed by atoms with Gasteiger partial charge in [-0.1, -0.05) is 12.1 Å². The summed E-state index contributed by atoms with van der Waals surface area (Å²) in [6, 6.07) is 11.2. The second-order valence-electron chi connectivity index (χ2n) is 7.21. The largest absolute Gasteiger partial charge is 0.347 e. The molecule has 146 valence electrons. The van der Waals surface area contributed by atoms with E-state index >= 15 is 0 Å². The van der Waals surface area contributed by atoms with Crippen LogP contribution in [0, 0.1) is 0 Å². The third kappa shape index (κ3) is 3.50. The Morgan fingerprint density at radius 1 is 1.14 bits per heavy atom. The fourth-order valence-corrected chi connectivity index (χ4v) is 3.90. The van der Waals surface area contributed by atoms with Crippen molar-refractivity contribution in [1.82, 2.24) is 24.3 Å². The highest BCUT2D eigenvalue weighted by molar-refractivity contribution is 6.04. The van der Waals surface area contributed by atoms with Crippen molar-refractivity contribution in [1.29, 1.82) is 0 Å². The lowest BCUT2D eigenvalue weighted by Crippen LogP contribution is -2.44. The summed E-state index contributed by atoms with van der Waals surface area (Å²) in [4.78, 5) is 41.6. The molecule has 3 aromatic rings. The highest BCUT2D eigenvalue weighted by atomic mass is 16.2. The van der Waals surface area contributed by atoms with Crippen LogP contribution < -0.4 is 11.0 Å². The summed E-state index contributed by atoms with van der Waals surface area (Å²) in [6.07, 6.45) is 3.32. The number of amides is 2. The third-order valence-corrected chi connectivity index (χ3v) is 5.34. The third-order valence-electron chi connectivity index (χ3n) is 5.34. The van der Waals surface area contributed by atoms with Gasteiger partial charge in [-0.2, -0.15) is 0 Å². The number of fused-ring (bicyclic) bond motifs is 1. The molecule has 3 heterocycles. The van der Waals surface area contributed by atoms with Crippen LogP contribution in [0.3, 0.4) is 0 Å². The zero-order valence-electron chi connectivity index (χ0n) is 15.7. The van der Waals surface area contributed by atoms with E-state index in [-0.39, 0.29) is 24.2 Å². The number of para-hydroxylation sites is 2. The molecule has 2 N–H and O–H groups in total. The van der Waals surface area contributed by atoms with Crippen molar-refractivity contribution in [2.45, 2.75) is 18.9 Å². The second kappa shape index (κ2) is 7.47. The summed E-state index contributed by atoms with van der Waals surface area (Å²) >= 11 is 0. The van der Waals surface area contributed by atoms with Gasteiger partial charge in [0.2, 0.25) is 5.91 Å². The molecule has 0 spiro atoms. The molecule has 0 saturated carbocycles. The lowest BCUT2D eigenvalue weighted by molar-refractivity contribution is -0.121. The maximum Gasteiger partial charge on any atom is 0.326 e. The molecule has 28 heavy (non-hydrogen) atoms. The number of nitrogens with zero attached hydrogens (tertiary/aromatic N) is 3. The van der Waals surface area contributed by atoms with Gasteiger partial charge < -0.3 is 9.55 Å². The zero-order valence-corrected chi connectivity index (χ0v) is 15.7. The second-order valence-corrected chi connectivity index (χ2v) is 7.21. The van der Waals surface area contributed by atoms with Crippen molar-refractivity contribution in [3.8, 4) is 0 Å². The topological polar surface area (TPSA) is 92.1 Å². The number of hydrogen-bond acceptors (Lipinski definition) is 4. The summed E-state index contributed by atoms with van der Waals surface area (Å²) < 4.78 is 3.50. The molecule has 4 rings (SSSR count). The quantitative estimate of drug-likeness (QED) is 0.712. The fraction of sp³-hybridized carbons (Fsp3) is 0.350. The SMILES string of the molecule is Cn1cccc1C(=O)NC(=O)CN1CCC(n2c(=O)[nH]c3ccccc32)CC1. The molecule has 2 amide bonds. The lowest BCUT2D eigenvalue weighted by atomic mass is 10.0. The predicted octanol–water partition coefficient (Wildman–Crippen LogP) is 1.26. The molecule has 1 fully saturated rings. The van der Waals surface area contributed by atoms with Gasteiger partial charge in [-0.15, -0.1) is 0 Å². The van der Waals surface area contributed by atoms with Crippen LogP contribution in [0.25, 0.3) is 11.0 Å². The minimum Gasteiger partial charge on any atom is -0.347 e. The number of piperidine rings is 1. The van der Waals surface area contributed by atoms with E-state index in [1.54, 1.807) is 29.9 Å². The summed E-state index contributed by atoms with van der Waals surface area (Å²) in [7, 11) is 1.76. The van der Waals surface area contributed by atoms with E-state index in [0.29, 0.717) is 18.8 Å². The van der Waals surface area contributed by atoms with Crippen LogP contribution in [0.2, 0.25) is 0 Å². The van der Waals surface area contributed by atoms with Crippen LogP contribution in [0.4, 0.5) is 0 Å². The molecule has 0 radical (unpaired) electrons. The van der Waals surface area contributed by atoms with Gasteiger partial charge in [-0.25, -0.2) is 4.79 Å². The first kappa shape index (κ1) is 18.2. The summed E-state index contributed by atoms with van der Waals surface area (Å²) in [5.41, 5.74) is 2.11. The van der Waals surface area contributed by atoms with Crippen LogP contribution in [0.1, 0.15) is 29.4 Å². The van der Waals surface area contributed by atoms with Gasteiger partial charge in [-0.05, 0) is 37.1 Å². The van der Waals surface area contributed by atoms with Crippen molar-refractivity contribution in [2.75, 3.05) is 19.6 Å². The molecule has 1 aliphatic heterocycles. The Morgan fingerprint density at radius 3 is 2.61 bits per heavy atom. The van der Waals surface area contributed by atoms with Gasteiger partial charge in [0.15, 0.2) is 0 Å². The predicted molar refractivity (Wildman–Crippen MR) is 105 cm³/mol. The molecular weight excluding hydrogens is 358 g/mol. The van der Waals surface area contributed by atoms with Crippen molar-refractivity contribution in [3.63, 3.8) is 0 Å². The highest BCUT2D eigenvalue weighted by Crippen LogP contribution is 2.24. The number of likely N-dealkylation sites (tertiary alicyclic amines) is 1. The van der Waals surface area contributed by atoms with Crippen molar-refractivity contribution >= 4 is 22.8 Å². The monoisotopic (exact) mass is 381 g/mol. The average Bonchev–Trinajstić information content (AvgIpc) is 3.24. The van der Waals surface area contributed by atoms with Gasteiger partial charge >= 0.3 is 5.69 Å². The number of carbonyl (C=O) groups excluding carboxylic acids is 2. The molecular formula is C20H23N5O3. The number of nitrogens with one attached hydrogen (secondary N) is 2. The van der Waals surface area contributed by atoms with Crippen LogP contribution >= 0.6 is 0 Å². The Kier molecular flexibility index (Phi) is 4.87. The van der Waals surface area contributed by atoms with Crippen LogP contribution in [0.5, 0.6) is 0 Å². The first-order valence-electron chi connectivity index (χ1n) is 9.40. The molecule has 0 aliphatic carbocycles. The maximum atomic E-state index is 12.3. The van der Waals surface area contributed by atoms with Crippen molar-refractivity contribution in [3.05, 3.63) is 58.8 Å². The minimum absolute atomic E-state index is 0.0921. The number of benzene rings is 1. The van der Waals surface area contributed by atoms with E-state index in [9.17, 15) is 14.4 Å². The molecule has 0 unspecified atom stereocenters. The van der Waals surface area contributed by atoms with E-state index in [1.807, 2.05) is 33.7 Å². The van der Waals surface area contributed by atoms with Crippen LogP contribution in [-0.4, -0.2) is 50.5 Å². The Hall–Kier alpha value is -3.13. The standard InChI is InChI=1S/C20H23N5O3/c1-23-10-4-7-17(23)19(27)22-18(26)13-24-11-8-14(9-12-24)25-16-6-3-2-5-15(16)21-20(25)28/h2-7,10,14H,8-9,11-13H2,1H3,(H,21,28)(H,22,26,27). The Bertz CT molecular complexity index is 1070. The fourth-order valence-electron chi connectivity index (χ4n) is 3.90. The number of imide groups is 1. The van der Waals surface area contributed by atoms with E-state index in [4.69, 9.17) is 0 Å². The number of hydrogen-bond donors (Lipinski definition) is 2. The number of aryl methyl sites for hydroxylation is 1. The van der Waals surface area contributed by atoms with E-state index in [1.165, 1.54) is 0 Å². The number of aromatic nitrogens is 3. The van der Waals surface area contributed by atoms with Crippen LogP contribution in [-0.2, 0) is 11.8 Å². The highest BCUT2D eigenvalue weighted by Gasteiger charge is 2.25. The Balaban J connectivity index is 1.35. The molecule has 2 aromatic heterocycles. The summed E-state index contributed by atoms with van der Waals surface area (Å²) in [6.45, 7) is 1.57. The van der Waals surface area contributed by atoms with E-state index in [2.05, 4.69) is 10.3 Å². The molecule has 1 aromatic carbocycles. The molecule has 0 atom stereocenters. The number of imidazole rings is 1. The zero-order chi connectivity index (χ0) is 19.7. The summed E-state index contributed by atoms with van der Waals surface area (Å²) in [5.74, 6) is -0.702. The lowest BCUT2D eigenvalue weighted by Gasteiger charge is -2.31. The van der Waals surface area contributed by atoms with Gasteiger partial charge in [0, 0.05) is 32.4 Å². The summed E-state index contributed by atoms with van der Waals surface area (Å²) in [5, 5.41) is 2.44. The van der Waals surface area contributed by atoms with Gasteiger partial charge in [0.1, 0.15) is 5.69 Å². The molecule has 0 bridgehead atoms.